The highest BCUT2D eigenvalue weighted by molar-refractivity contribution is 7.98. The van der Waals surface area contributed by atoms with E-state index in [4.69, 9.17) is 4.74 Å². The van der Waals surface area contributed by atoms with Crippen LogP contribution in [-0.4, -0.2) is 30.9 Å². The number of anilines is 1. The van der Waals surface area contributed by atoms with Gasteiger partial charge in [-0.1, -0.05) is 12.1 Å². The van der Waals surface area contributed by atoms with Gasteiger partial charge in [0.15, 0.2) is 0 Å². The van der Waals surface area contributed by atoms with Gasteiger partial charge in [-0.3, -0.25) is 9.59 Å². The molecule has 0 bridgehead atoms. The van der Waals surface area contributed by atoms with Crippen molar-refractivity contribution < 1.29 is 14.3 Å². The lowest BCUT2D eigenvalue weighted by molar-refractivity contribution is -0.124. The molecule has 0 aromatic heterocycles. The van der Waals surface area contributed by atoms with E-state index in [1.54, 1.807) is 42.2 Å². The fourth-order valence-electron chi connectivity index (χ4n) is 2.18. The van der Waals surface area contributed by atoms with E-state index in [9.17, 15) is 9.59 Å². The molecular weight excluding hydrogens is 362 g/mol. The highest BCUT2D eigenvalue weighted by Gasteiger charge is 2.07. The van der Waals surface area contributed by atoms with Gasteiger partial charge in [-0.05, 0) is 55.1 Å². The molecule has 0 heterocycles. The van der Waals surface area contributed by atoms with Crippen molar-refractivity contribution in [1.82, 2.24) is 5.43 Å². The Morgan fingerprint density at radius 1 is 1.04 bits per heavy atom. The van der Waals surface area contributed by atoms with Crippen molar-refractivity contribution in [2.24, 2.45) is 5.10 Å². The number of amides is 2. The summed E-state index contributed by atoms with van der Waals surface area (Å²) in [7, 11) is 0. The molecule has 2 aromatic carbocycles. The van der Waals surface area contributed by atoms with Crippen molar-refractivity contribution in [1.29, 1.82) is 0 Å². The molecule has 6 nitrogen and oxygen atoms in total. The summed E-state index contributed by atoms with van der Waals surface area (Å²) in [5.74, 6) is 0.204. The molecule has 2 N–H and O–H groups in total. The van der Waals surface area contributed by atoms with Crippen molar-refractivity contribution in [3.8, 4) is 5.75 Å². The molecule has 0 radical (unpaired) electrons. The van der Waals surface area contributed by atoms with Crippen LogP contribution in [0.5, 0.6) is 5.75 Å². The van der Waals surface area contributed by atoms with Crippen molar-refractivity contribution in [2.45, 2.75) is 24.7 Å². The fourth-order valence-corrected chi connectivity index (χ4v) is 2.58. The Kier molecular flexibility index (Phi) is 8.38. The van der Waals surface area contributed by atoms with Gasteiger partial charge >= 0.3 is 0 Å². The second kappa shape index (κ2) is 11.0. The first kappa shape index (κ1) is 20.5. The van der Waals surface area contributed by atoms with Crippen LogP contribution in [0.25, 0.3) is 0 Å². The number of benzene rings is 2. The number of hydrogen-bond acceptors (Lipinski definition) is 5. The van der Waals surface area contributed by atoms with E-state index in [2.05, 4.69) is 15.8 Å². The normalized spacial score (nSPS) is 10.6. The quantitative estimate of drug-likeness (QED) is 0.392. The van der Waals surface area contributed by atoms with Crippen molar-refractivity contribution in [3.05, 3.63) is 54.1 Å². The van der Waals surface area contributed by atoms with Crippen LogP contribution >= 0.6 is 11.8 Å². The highest BCUT2D eigenvalue weighted by atomic mass is 32.2. The van der Waals surface area contributed by atoms with Gasteiger partial charge in [0, 0.05) is 23.4 Å². The van der Waals surface area contributed by atoms with Gasteiger partial charge < -0.3 is 10.1 Å². The van der Waals surface area contributed by atoms with E-state index in [0.717, 1.165) is 16.2 Å². The number of rotatable bonds is 9. The average Bonchev–Trinajstić information content (AvgIpc) is 2.69. The molecule has 0 aliphatic carbocycles. The van der Waals surface area contributed by atoms with Gasteiger partial charge in [0.05, 0.1) is 12.8 Å². The molecule has 0 saturated heterocycles. The number of nitrogens with zero attached hydrogens (tertiary/aromatic N) is 1. The average molecular weight is 385 g/mol. The Hall–Kier alpha value is -2.80. The predicted octanol–water partition coefficient (Wildman–Crippen LogP) is 3.68. The smallest absolute Gasteiger partial charge is 0.240 e. The lowest BCUT2D eigenvalue weighted by atomic mass is 10.2. The topological polar surface area (TPSA) is 79.8 Å². The molecule has 0 saturated carbocycles. The summed E-state index contributed by atoms with van der Waals surface area (Å²) in [6.45, 7) is 2.50. The summed E-state index contributed by atoms with van der Waals surface area (Å²) < 4.78 is 5.35. The summed E-state index contributed by atoms with van der Waals surface area (Å²) in [4.78, 5) is 24.9. The summed E-state index contributed by atoms with van der Waals surface area (Å²) in [6, 6.07) is 14.9. The first-order chi connectivity index (χ1) is 13.1. The van der Waals surface area contributed by atoms with Crippen LogP contribution < -0.4 is 15.5 Å². The first-order valence-corrected chi connectivity index (χ1v) is 9.82. The fraction of sp³-hybridized carbons (Fsp3) is 0.250. The number of carbonyl (C=O) groups is 2. The van der Waals surface area contributed by atoms with E-state index in [-0.39, 0.29) is 24.7 Å². The van der Waals surface area contributed by atoms with Gasteiger partial charge in [-0.15, -0.1) is 11.8 Å². The Morgan fingerprint density at radius 3 is 2.33 bits per heavy atom. The van der Waals surface area contributed by atoms with Crippen LogP contribution in [0.2, 0.25) is 0 Å². The van der Waals surface area contributed by atoms with Crippen LogP contribution in [0.15, 0.2) is 58.5 Å². The third kappa shape index (κ3) is 7.53. The van der Waals surface area contributed by atoms with Crippen molar-refractivity contribution >= 4 is 35.5 Å². The molecule has 0 fully saturated rings. The van der Waals surface area contributed by atoms with Crippen LogP contribution in [-0.2, 0) is 9.59 Å². The maximum atomic E-state index is 11.9. The minimum atomic E-state index is -0.311. The first-order valence-electron chi connectivity index (χ1n) is 8.59. The van der Waals surface area contributed by atoms with Gasteiger partial charge in [-0.25, -0.2) is 5.43 Å². The monoisotopic (exact) mass is 385 g/mol. The molecule has 0 unspecified atom stereocenters. The third-order valence-corrected chi connectivity index (χ3v) is 4.29. The number of hydrazone groups is 1. The second-order valence-corrected chi connectivity index (χ2v) is 6.45. The highest BCUT2D eigenvalue weighted by Crippen LogP contribution is 2.16. The predicted molar refractivity (Wildman–Crippen MR) is 109 cm³/mol. The minimum absolute atomic E-state index is 0.0611. The molecule has 142 valence electrons. The van der Waals surface area contributed by atoms with Crippen molar-refractivity contribution in [3.63, 3.8) is 0 Å². The summed E-state index contributed by atoms with van der Waals surface area (Å²) in [6.07, 6.45) is 3.72. The molecule has 2 amide bonds. The molecule has 2 aromatic rings. The van der Waals surface area contributed by atoms with E-state index < -0.39 is 0 Å². The number of thioether (sulfide) groups is 1. The number of carbonyl (C=O) groups excluding carboxylic acids is 2. The summed E-state index contributed by atoms with van der Waals surface area (Å²) in [5, 5.41) is 6.65. The van der Waals surface area contributed by atoms with Crippen LogP contribution in [0.4, 0.5) is 5.69 Å². The molecular formula is C20H23N3O3S. The zero-order valence-electron chi connectivity index (χ0n) is 15.4. The van der Waals surface area contributed by atoms with Gasteiger partial charge in [0.25, 0.3) is 0 Å². The zero-order valence-corrected chi connectivity index (χ0v) is 16.2. The maximum Gasteiger partial charge on any atom is 0.240 e. The molecule has 27 heavy (non-hydrogen) atoms. The van der Waals surface area contributed by atoms with Gasteiger partial charge in [-0.2, -0.15) is 5.10 Å². The number of ether oxygens (including phenoxy) is 1. The van der Waals surface area contributed by atoms with E-state index >= 15 is 0 Å². The molecule has 2 rings (SSSR count). The largest absolute Gasteiger partial charge is 0.494 e. The summed E-state index contributed by atoms with van der Waals surface area (Å²) >= 11 is 1.66. The molecule has 0 aliphatic heterocycles. The van der Waals surface area contributed by atoms with E-state index in [0.29, 0.717) is 12.3 Å². The van der Waals surface area contributed by atoms with E-state index in [1.807, 2.05) is 37.4 Å². The van der Waals surface area contributed by atoms with E-state index in [1.165, 1.54) is 0 Å². The lowest BCUT2D eigenvalue weighted by Crippen LogP contribution is -2.20. The van der Waals surface area contributed by atoms with Crippen LogP contribution in [0.3, 0.4) is 0 Å². The Bertz CT molecular complexity index is 774. The standard InChI is InChI=1S/C20H23N3O3S/c1-3-26-17-8-6-16(7-9-17)22-19(24)12-13-20(25)23-21-14-15-4-10-18(27-2)11-5-15/h4-11,14H,3,12-13H2,1-2H3,(H,22,24)(H,23,25)/b21-14+. The molecule has 0 aliphatic rings. The minimum Gasteiger partial charge on any atom is -0.494 e. The number of nitrogens with one attached hydrogen (secondary N) is 2. The van der Waals surface area contributed by atoms with Gasteiger partial charge in [0.1, 0.15) is 5.75 Å². The SMILES string of the molecule is CCOc1ccc(NC(=O)CCC(=O)N/N=C/c2ccc(SC)cc2)cc1. The van der Waals surface area contributed by atoms with Crippen molar-refractivity contribution in [2.75, 3.05) is 18.2 Å². The second-order valence-electron chi connectivity index (χ2n) is 5.57. The Morgan fingerprint density at radius 2 is 1.70 bits per heavy atom. The van der Waals surface area contributed by atoms with Crippen LogP contribution in [0.1, 0.15) is 25.3 Å². The number of hydrogen-bond donors (Lipinski definition) is 2. The molecule has 0 spiro atoms. The van der Waals surface area contributed by atoms with Gasteiger partial charge in [0.2, 0.25) is 11.8 Å². The molecule has 7 heteroatoms. The molecule has 0 atom stereocenters. The zero-order chi connectivity index (χ0) is 19.5. The maximum absolute atomic E-state index is 11.9. The third-order valence-electron chi connectivity index (χ3n) is 3.55. The Labute approximate surface area is 163 Å². The lowest BCUT2D eigenvalue weighted by Gasteiger charge is -2.07. The van der Waals surface area contributed by atoms with Crippen LogP contribution in [0, 0.1) is 0 Å². The summed E-state index contributed by atoms with van der Waals surface area (Å²) in [5.41, 5.74) is 3.98. The Balaban J connectivity index is 1.70.